The second-order valence-corrected chi connectivity index (χ2v) is 5.86. The molecular formula is C21H15N3O3. The number of aliphatic imine (C=N–C) groups is 1. The van der Waals surface area contributed by atoms with Crippen LogP contribution in [0.2, 0.25) is 0 Å². The Morgan fingerprint density at radius 3 is 2.33 bits per heavy atom. The van der Waals surface area contributed by atoms with Gasteiger partial charge >= 0.3 is 0 Å². The number of hydrogen-bond acceptors (Lipinski definition) is 5. The maximum absolute atomic E-state index is 12.9. The van der Waals surface area contributed by atoms with Crippen molar-refractivity contribution < 1.29 is 10.2 Å². The molecule has 0 aliphatic rings. The summed E-state index contributed by atoms with van der Waals surface area (Å²) in [4.78, 5) is 21.4. The summed E-state index contributed by atoms with van der Waals surface area (Å²) in [5.74, 6) is 0.0649. The van der Waals surface area contributed by atoms with Crippen molar-refractivity contribution in [2.45, 2.75) is 0 Å². The van der Waals surface area contributed by atoms with Gasteiger partial charge in [-0.1, -0.05) is 36.4 Å². The van der Waals surface area contributed by atoms with Gasteiger partial charge < -0.3 is 10.2 Å². The van der Waals surface area contributed by atoms with Gasteiger partial charge in [0.2, 0.25) is 5.88 Å². The maximum atomic E-state index is 12.9. The molecule has 0 aliphatic carbocycles. The van der Waals surface area contributed by atoms with Gasteiger partial charge in [0.25, 0.3) is 5.56 Å². The molecule has 2 aromatic carbocycles. The van der Waals surface area contributed by atoms with E-state index in [1.54, 1.807) is 66.9 Å². The molecule has 4 aromatic rings. The summed E-state index contributed by atoms with van der Waals surface area (Å²) < 4.78 is 1.15. The summed E-state index contributed by atoms with van der Waals surface area (Å²) in [5, 5.41) is 21.7. The van der Waals surface area contributed by atoms with Gasteiger partial charge in [-0.3, -0.25) is 9.79 Å². The molecule has 0 aliphatic heterocycles. The second kappa shape index (κ2) is 6.76. The molecule has 6 heteroatoms. The SMILES string of the molecule is O=c1c2ccccc2c(C=Nc2ccccc2O)c(O)n1-c1ccccn1. The Morgan fingerprint density at radius 1 is 0.889 bits per heavy atom. The van der Waals surface area contributed by atoms with Crippen molar-refractivity contribution >= 4 is 22.7 Å². The van der Waals surface area contributed by atoms with Crippen molar-refractivity contribution in [3.05, 3.63) is 88.8 Å². The van der Waals surface area contributed by atoms with Crippen LogP contribution in [0.4, 0.5) is 5.69 Å². The minimum absolute atomic E-state index is 0.0237. The lowest BCUT2D eigenvalue weighted by atomic mass is 10.1. The molecule has 0 atom stereocenters. The lowest BCUT2D eigenvalue weighted by molar-refractivity contribution is 0.435. The Balaban J connectivity index is 2.00. The number of nitrogens with zero attached hydrogens (tertiary/aromatic N) is 3. The zero-order valence-electron chi connectivity index (χ0n) is 14.1. The van der Waals surface area contributed by atoms with Crippen molar-refractivity contribution in [3.63, 3.8) is 0 Å². The number of pyridine rings is 2. The molecule has 0 radical (unpaired) electrons. The predicted octanol–water partition coefficient (Wildman–Crippen LogP) is 3.55. The average Bonchev–Trinajstić information content (AvgIpc) is 2.70. The van der Waals surface area contributed by atoms with Crippen LogP contribution in [-0.4, -0.2) is 26.0 Å². The number of phenolic OH excluding ortho intramolecular Hbond substituents is 1. The highest BCUT2D eigenvalue weighted by atomic mass is 16.3. The van der Waals surface area contributed by atoms with E-state index >= 15 is 0 Å². The van der Waals surface area contributed by atoms with E-state index in [4.69, 9.17) is 0 Å². The van der Waals surface area contributed by atoms with Gasteiger partial charge in [-0.15, -0.1) is 0 Å². The number of aromatic nitrogens is 2. The Labute approximate surface area is 154 Å². The molecule has 0 saturated carbocycles. The second-order valence-electron chi connectivity index (χ2n) is 5.86. The van der Waals surface area contributed by atoms with Crippen LogP contribution < -0.4 is 5.56 Å². The van der Waals surface area contributed by atoms with Crippen molar-refractivity contribution in [1.82, 2.24) is 9.55 Å². The number of hydrogen-bond donors (Lipinski definition) is 2. The third-order valence-corrected chi connectivity index (χ3v) is 4.20. The summed E-state index contributed by atoms with van der Waals surface area (Å²) in [7, 11) is 0. The number of fused-ring (bicyclic) bond motifs is 1. The molecule has 0 spiro atoms. The Bertz CT molecular complexity index is 1210. The predicted molar refractivity (Wildman–Crippen MR) is 104 cm³/mol. The van der Waals surface area contributed by atoms with Gasteiger partial charge in [0, 0.05) is 23.2 Å². The van der Waals surface area contributed by atoms with E-state index in [1.807, 2.05) is 0 Å². The highest BCUT2D eigenvalue weighted by Gasteiger charge is 2.16. The van der Waals surface area contributed by atoms with Crippen LogP contribution >= 0.6 is 0 Å². The molecule has 6 nitrogen and oxygen atoms in total. The molecule has 4 rings (SSSR count). The van der Waals surface area contributed by atoms with Gasteiger partial charge in [-0.2, -0.15) is 0 Å². The standard InChI is InChI=1S/C21H15N3O3/c25-18-10-4-3-9-17(18)23-13-16-14-7-1-2-8-15(14)20(26)24(21(16)27)19-11-5-6-12-22-19/h1-13,25,27H. The third-order valence-electron chi connectivity index (χ3n) is 4.20. The summed E-state index contributed by atoms with van der Waals surface area (Å²) in [6.45, 7) is 0. The molecule has 2 heterocycles. The van der Waals surface area contributed by atoms with Gasteiger partial charge in [-0.05, 0) is 30.3 Å². The number of para-hydroxylation sites is 2. The smallest absolute Gasteiger partial charge is 0.267 e. The van der Waals surface area contributed by atoms with E-state index in [0.717, 1.165) is 4.57 Å². The highest BCUT2D eigenvalue weighted by Crippen LogP contribution is 2.28. The van der Waals surface area contributed by atoms with Crippen molar-refractivity contribution in [2.75, 3.05) is 0 Å². The Kier molecular flexibility index (Phi) is 4.14. The zero-order valence-corrected chi connectivity index (χ0v) is 14.1. The van der Waals surface area contributed by atoms with Crippen LogP contribution in [0, 0.1) is 0 Å². The fourth-order valence-electron chi connectivity index (χ4n) is 2.90. The molecule has 0 saturated heterocycles. The first-order chi connectivity index (χ1) is 13.2. The summed E-state index contributed by atoms with van der Waals surface area (Å²) in [5.41, 5.74) is 0.345. The monoisotopic (exact) mass is 357 g/mol. The number of benzene rings is 2. The molecule has 132 valence electrons. The number of rotatable bonds is 3. The topological polar surface area (TPSA) is 87.7 Å². The maximum Gasteiger partial charge on any atom is 0.267 e. The van der Waals surface area contributed by atoms with Gasteiger partial charge in [-0.25, -0.2) is 9.55 Å². The average molecular weight is 357 g/mol. The number of aromatic hydroxyl groups is 2. The highest BCUT2D eigenvalue weighted by molar-refractivity contribution is 6.02. The van der Waals surface area contributed by atoms with E-state index in [-0.39, 0.29) is 17.2 Å². The molecule has 0 fully saturated rings. The minimum atomic E-state index is -0.374. The molecule has 0 unspecified atom stereocenters. The Hall–Kier alpha value is -3.93. The van der Waals surface area contributed by atoms with Crippen molar-refractivity contribution in [2.24, 2.45) is 4.99 Å². The first kappa shape index (κ1) is 16.5. The number of phenols is 1. The fourth-order valence-corrected chi connectivity index (χ4v) is 2.90. The van der Waals surface area contributed by atoms with Crippen LogP contribution in [0.25, 0.3) is 16.6 Å². The quantitative estimate of drug-likeness (QED) is 0.549. The van der Waals surface area contributed by atoms with Crippen molar-refractivity contribution in [1.29, 1.82) is 0 Å². The summed E-state index contributed by atoms with van der Waals surface area (Å²) >= 11 is 0. The van der Waals surface area contributed by atoms with Gasteiger partial charge in [0.05, 0.1) is 5.56 Å². The van der Waals surface area contributed by atoms with E-state index < -0.39 is 0 Å². The van der Waals surface area contributed by atoms with Crippen LogP contribution in [0.1, 0.15) is 5.56 Å². The van der Waals surface area contributed by atoms with E-state index in [0.29, 0.717) is 27.8 Å². The lowest BCUT2D eigenvalue weighted by Gasteiger charge is -2.12. The lowest BCUT2D eigenvalue weighted by Crippen LogP contribution is -2.20. The zero-order chi connectivity index (χ0) is 18.8. The molecule has 2 N–H and O–H groups in total. The van der Waals surface area contributed by atoms with Crippen molar-refractivity contribution in [3.8, 4) is 17.4 Å². The van der Waals surface area contributed by atoms with E-state index in [2.05, 4.69) is 9.98 Å². The molecule has 2 aromatic heterocycles. The molecule has 0 amide bonds. The first-order valence-corrected chi connectivity index (χ1v) is 8.27. The van der Waals surface area contributed by atoms with E-state index in [9.17, 15) is 15.0 Å². The third kappa shape index (κ3) is 2.93. The molecular weight excluding hydrogens is 342 g/mol. The largest absolute Gasteiger partial charge is 0.506 e. The van der Waals surface area contributed by atoms with Crippen LogP contribution in [0.3, 0.4) is 0 Å². The molecule has 27 heavy (non-hydrogen) atoms. The van der Waals surface area contributed by atoms with Crippen LogP contribution in [0.15, 0.2) is 82.7 Å². The Morgan fingerprint density at radius 2 is 1.59 bits per heavy atom. The first-order valence-electron chi connectivity index (χ1n) is 8.27. The van der Waals surface area contributed by atoms with Gasteiger partial charge in [0.15, 0.2) is 0 Å². The fraction of sp³-hybridized carbons (Fsp3) is 0. The van der Waals surface area contributed by atoms with Gasteiger partial charge in [0.1, 0.15) is 17.3 Å². The normalized spacial score (nSPS) is 11.3. The summed E-state index contributed by atoms with van der Waals surface area (Å²) in [6.07, 6.45) is 2.98. The van der Waals surface area contributed by atoms with Crippen LogP contribution in [-0.2, 0) is 0 Å². The van der Waals surface area contributed by atoms with Crippen LogP contribution in [0.5, 0.6) is 11.6 Å². The van der Waals surface area contributed by atoms with E-state index in [1.165, 1.54) is 12.3 Å². The summed E-state index contributed by atoms with van der Waals surface area (Å²) in [6, 6.07) is 18.7. The minimum Gasteiger partial charge on any atom is -0.506 e. The molecule has 0 bridgehead atoms.